The smallest absolute Gasteiger partial charge is 0.219 e. The first-order chi connectivity index (χ1) is 8.60. The van der Waals surface area contributed by atoms with E-state index in [1.54, 1.807) is 0 Å². The highest BCUT2D eigenvalue weighted by molar-refractivity contribution is 9.10. The Labute approximate surface area is 120 Å². The number of alkyl halides is 1. The summed E-state index contributed by atoms with van der Waals surface area (Å²) in [5.41, 5.74) is 2.99. The first kappa shape index (κ1) is 13.4. The van der Waals surface area contributed by atoms with Gasteiger partial charge in [0.1, 0.15) is 5.75 Å². The molecule has 2 rings (SSSR count). The maximum Gasteiger partial charge on any atom is 0.219 e. The van der Waals surface area contributed by atoms with Crippen LogP contribution in [0.1, 0.15) is 16.8 Å². The first-order valence-corrected chi connectivity index (χ1v) is 6.89. The van der Waals surface area contributed by atoms with Gasteiger partial charge in [-0.25, -0.2) is 4.98 Å². The molecule has 0 aliphatic rings. The van der Waals surface area contributed by atoms with E-state index in [4.69, 9.17) is 16.3 Å². The normalized spacial score (nSPS) is 10.4. The van der Waals surface area contributed by atoms with Crippen molar-refractivity contribution >= 4 is 27.5 Å². The zero-order chi connectivity index (χ0) is 13.1. The van der Waals surface area contributed by atoms with Gasteiger partial charge in [0.15, 0.2) is 0 Å². The van der Waals surface area contributed by atoms with Crippen LogP contribution in [-0.4, -0.2) is 4.98 Å². The Hall–Kier alpha value is -1.06. The molecule has 0 bridgehead atoms. The van der Waals surface area contributed by atoms with Crippen LogP contribution in [0, 0.1) is 13.8 Å². The molecule has 0 spiro atoms. The zero-order valence-corrected chi connectivity index (χ0v) is 12.5. The van der Waals surface area contributed by atoms with Crippen LogP contribution >= 0.6 is 27.5 Å². The lowest BCUT2D eigenvalue weighted by molar-refractivity contribution is 0.458. The summed E-state index contributed by atoms with van der Waals surface area (Å²) in [5, 5.41) is 0. The van der Waals surface area contributed by atoms with Gasteiger partial charge in [0.25, 0.3) is 0 Å². The van der Waals surface area contributed by atoms with Crippen molar-refractivity contribution in [3.8, 4) is 11.6 Å². The molecule has 0 aliphatic carbocycles. The van der Waals surface area contributed by atoms with E-state index in [9.17, 15) is 0 Å². The lowest BCUT2D eigenvalue weighted by Crippen LogP contribution is -1.94. The van der Waals surface area contributed by atoms with Crippen LogP contribution in [0.2, 0.25) is 0 Å². The summed E-state index contributed by atoms with van der Waals surface area (Å²) in [5.74, 6) is 1.87. The molecule has 2 aromatic rings. The van der Waals surface area contributed by atoms with Gasteiger partial charge in [-0.05, 0) is 43.2 Å². The van der Waals surface area contributed by atoms with E-state index in [2.05, 4.69) is 20.9 Å². The number of aromatic nitrogens is 1. The van der Waals surface area contributed by atoms with Gasteiger partial charge in [0.05, 0.1) is 0 Å². The van der Waals surface area contributed by atoms with Crippen LogP contribution in [0.4, 0.5) is 0 Å². The monoisotopic (exact) mass is 325 g/mol. The van der Waals surface area contributed by atoms with Crippen molar-refractivity contribution in [1.29, 1.82) is 0 Å². The molecular formula is C14H13BrClNO. The predicted octanol–water partition coefficient (Wildman–Crippen LogP) is 4.99. The largest absolute Gasteiger partial charge is 0.439 e. The summed E-state index contributed by atoms with van der Waals surface area (Å²) in [7, 11) is 0. The minimum absolute atomic E-state index is 0.469. The van der Waals surface area contributed by atoms with Crippen molar-refractivity contribution in [3.05, 3.63) is 51.6 Å². The summed E-state index contributed by atoms with van der Waals surface area (Å²) in [6, 6.07) is 9.66. The van der Waals surface area contributed by atoms with E-state index in [-0.39, 0.29) is 0 Å². The van der Waals surface area contributed by atoms with E-state index in [0.717, 1.165) is 27.0 Å². The van der Waals surface area contributed by atoms with Crippen molar-refractivity contribution in [3.63, 3.8) is 0 Å². The fourth-order valence-corrected chi connectivity index (χ4v) is 2.36. The average molecular weight is 327 g/mol. The molecule has 1 aromatic heterocycles. The second kappa shape index (κ2) is 5.72. The van der Waals surface area contributed by atoms with Gasteiger partial charge >= 0.3 is 0 Å². The van der Waals surface area contributed by atoms with Crippen molar-refractivity contribution < 1.29 is 4.74 Å². The van der Waals surface area contributed by atoms with Crippen LogP contribution in [0.5, 0.6) is 11.6 Å². The predicted molar refractivity (Wildman–Crippen MR) is 77.5 cm³/mol. The molecule has 0 atom stereocenters. The third-order valence-corrected chi connectivity index (χ3v) is 3.45. The quantitative estimate of drug-likeness (QED) is 0.741. The Morgan fingerprint density at radius 3 is 2.61 bits per heavy atom. The van der Waals surface area contributed by atoms with E-state index in [1.807, 2.05) is 44.2 Å². The lowest BCUT2D eigenvalue weighted by Gasteiger charge is -2.09. The molecule has 4 heteroatoms. The van der Waals surface area contributed by atoms with Gasteiger partial charge in [-0.2, -0.15) is 0 Å². The van der Waals surface area contributed by atoms with Crippen LogP contribution < -0.4 is 4.74 Å². The summed E-state index contributed by atoms with van der Waals surface area (Å²) in [6.07, 6.45) is 0. The second-order valence-corrected chi connectivity index (χ2v) is 5.22. The molecule has 18 heavy (non-hydrogen) atoms. The van der Waals surface area contributed by atoms with Gasteiger partial charge in [0.2, 0.25) is 5.88 Å². The maximum absolute atomic E-state index is 5.80. The number of benzene rings is 1. The highest BCUT2D eigenvalue weighted by Gasteiger charge is 2.05. The zero-order valence-electron chi connectivity index (χ0n) is 10.2. The third-order valence-electron chi connectivity index (χ3n) is 2.67. The molecule has 0 saturated carbocycles. The molecule has 0 radical (unpaired) electrons. The summed E-state index contributed by atoms with van der Waals surface area (Å²) in [4.78, 5) is 4.38. The van der Waals surface area contributed by atoms with Crippen molar-refractivity contribution in [2.24, 2.45) is 0 Å². The molecule has 0 fully saturated rings. The third kappa shape index (κ3) is 3.03. The molecule has 0 saturated heterocycles. The first-order valence-electron chi connectivity index (χ1n) is 5.56. The highest BCUT2D eigenvalue weighted by Crippen LogP contribution is 2.27. The van der Waals surface area contributed by atoms with Crippen LogP contribution in [-0.2, 0) is 5.88 Å². The maximum atomic E-state index is 5.80. The summed E-state index contributed by atoms with van der Waals surface area (Å²) < 4.78 is 6.81. The number of nitrogens with zero attached hydrogens (tertiary/aromatic N) is 1. The summed E-state index contributed by atoms with van der Waals surface area (Å²) in [6.45, 7) is 3.93. The fourth-order valence-electron chi connectivity index (χ4n) is 1.60. The molecule has 1 aromatic carbocycles. The van der Waals surface area contributed by atoms with E-state index >= 15 is 0 Å². The average Bonchev–Trinajstić information content (AvgIpc) is 2.33. The Morgan fingerprint density at radius 1 is 1.22 bits per heavy atom. The Bertz CT molecular complexity index is 572. The number of ether oxygens (including phenoxy) is 1. The Balaban J connectivity index is 2.26. The molecule has 0 aliphatic heterocycles. The SMILES string of the molecule is Cc1cc(Br)ccc1Oc1ccc(CCl)c(C)n1. The minimum Gasteiger partial charge on any atom is -0.439 e. The molecule has 0 unspecified atom stereocenters. The number of hydrogen-bond donors (Lipinski definition) is 0. The molecule has 2 nitrogen and oxygen atoms in total. The molecule has 1 heterocycles. The molecule has 0 N–H and O–H groups in total. The molecular weight excluding hydrogens is 314 g/mol. The van der Waals surface area contributed by atoms with E-state index in [1.165, 1.54) is 0 Å². The van der Waals surface area contributed by atoms with Crippen LogP contribution in [0.25, 0.3) is 0 Å². The van der Waals surface area contributed by atoms with Gasteiger partial charge in [0, 0.05) is 22.1 Å². The lowest BCUT2D eigenvalue weighted by atomic mass is 10.2. The second-order valence-electron chi connectivity index (χ2n) is 4.04. The number of halogens is 2. The minimum atomic E-state index is 0.469. The van der Waals surface area contributed by atoms with Gasteiger partial charge < -0.3 is 4.74 Å². The Morgan fingerprint density at radius 2 is 2.00 bits per heavy atom. The highest BCUT2D eigenvalue weighted by atomic mass is 79.9. The van der Waals surface area contributed by atoms with E-state index < -0.39 is 0 Å². The van der Waals surface area contributed by atoms with E-state index in [0.29, 0.717) is 11.8 Å². The van der Waals surface area contributed by atoms with Crippen molar-refractivity contribution in [1.82, 2.24) is 4.98 Å². The van der Waals surface area contributed by atoms with Crippen molar-refractivity contribution in [2.75, 3.05) is 0 Å². The van der Waals surface area contributed by atoms with Gasteiger partial charge in [-0.1, -0.05) is 22.0 Å². The number of pyridine rings is 1. The van der Waals surface area contributed by atoms with Gasteiger partial charge in [-0.3, -0.25) is 0 Å². The van der Waals surface area contributed by atoms with Gasteiger partial charge in [-0.15, -0.1) is 11.6 Å². The number of aryl methyl sites for hydroxylation is 2. The fraction of sp³-hybridized carbons (Fsp3) is 0.214. The molecule has 0 amide bonds. The van der Waals surface area contributed by atoms with Crippen LogP contribution in [0.3, 0.4) is 0 Å². The number of rotatable bonds is 3. The topological polar surface area (TPSA) is 22.1 Å². The molecule has 94 valence electrons. The van der Waals surface area contributed by atoms with Crippen molar-refractivity contribution in [2.45, 2.75) is 19.7 Å². The van der Waals surface area contributed by atoms with Crippen LogP contribution in [0.15, 0.2) is 34.8 Å². The standard InChI is InChI=1S/C14H13BrClNO/c1-9-7-12(15)4-5-13(9)18-14-6-3-11(8-16)10(2)17-14/h3-7H,8H2,1-2H3. The number of hydrogen-bond acceptors (Lipinski definition) is 2. The summed E-state index contributed by atoms with van der Waals surface area (Å²) >= 11 is 9.23. The Kier molecular flexibility index (Phi) is 4.25.